The van der Waals surface area contributed by atoms with Gasteiger partial charge >= 0.3 is 17.8 Å². The molecule has 1 aromatic carbocycles. The predicted octanol–water partition coefficient (Wildman–Crippen LogP) is 0.220. The first-order chi connectivity index (χ1) is 12.0. The van der Waals surface area contributed by atoms with Crippen LogP contribution in [0.25, 0.3) is 0 Å². The normalized spacial score (nSPS) is 11.4. The Morgan fingerprint density at radius 2 is 1.96 bits per heavy atom. The van der Waals surface area contributed by atoms with Crippen LogP contribution in [0.2, 0.25) is 0 Å². The second-order valence-electron chi connectivity index (χ2n) is 5.17. The van der Waals surface area contributed by atoms with Gasteiger partial charge in [-0.2, -0.15) is 4.98 Å². The lowest BCUT2D eigenvalue weighted by atomic mass is 10.2. The second-order valence-corrected chi connectivity index (χ2v) is 5.17. The lowest BCUT2D eigenvalue weighted by molar-refractivity contribution is -0.142. The van der Waals surface area contributed by atoms with E-state index in [1.807, 2.05) is 30.3 Å². The largest absolute Gasteiger partial charge is 0.467 e. The van der Waals surface area contributed by atoms with Crippen LogP contribution in [-0.4, -0.2) is 41.1 Å². The van der Waals surface area contributed by atoms with Gasteiger partial charge in [0, 0.05) is 6.54 Å². The lowest BCUT2D eigenvalue weighted by Crippen LogP contribution is -2.39. The number of aromatic nitrogens is 2. The zero-order chi connectivity index (χ0) is 18.2. The fourth-order valence-corrected chi connectivity index (χ4v) is 1.91. The Labute approximate surface area is 143 Å². The highest BCUT2D eigenvalue weighted by Crippen LogP contribution is 2.01. The Morgan fingerprint density at radius 3 is 2.64 bits per heavy atom. The Bertz CT molecular complexity index is 744. The standard InChI is InChI=1S/C16H18N4O5/c1-10(16(23)24-2)18-14(22)15-19-12(20-25-15)8-13(21)17-9-11-6-4-3-5-7-11/h3-7,10H,8-9H2,1-2H3,(H,17,21)(H,18,22). The second kappa shape index (κ2) is 8.57. The summed E-state index contributed by atoms with van der Waals surface area (Å²) in [6.45, 7) is 1.83. The van der Waals surface area contributed by atoms with Crippen LogP contribution in [0.5, 0.6) is 0 Å². The summed E-state index contributed by atoms with van der Waals surface area (Å²) < 4.78 is 9.30. The van der Waals surface area contributed by atoms with Crippen LogP contribution < -0.4 is 10.6 Å². The van der Waals surface area contributed by atoms with Crippen LogP contribution in [0.3, 0.4) is 0 Å². The number of hydrogen-bond acceptors (Lipinski definition) is 7. The SMILES string of the molecule is COC(=O)C(C)NC(=O)c1nc(CC(=O)NCc2ccccc2)no1. The highest BCUT2D eigenvalue weighted by molar-refractivity contribution is 5.92. The number of carbonyl (C=O) groups excluding carboxylic acids is 3. The Balaban J connectivity index is 1.85. The molecule has 0 saturated carbocycles. The van der Waals surface area contributed by atoms with E-state index in [1.54, 1.807) is 0 Å². The molecule has 132 valence electrons. The highest BCUT2D eigenvalue weighted by Gasteiger charge is 2.22. The number of nitrogens with zero attached hydrogens (tertiary/aromatic N) is 2. The molecule has 0 bridgehead atoms. The molecule has 2 amide bonds. The maximum Gasteiger partial charge on any atom is 0.328 e. The van der Waals surface area contributed by atoms with E-state index in [0.29, 0.717) is 6.54 Å². The van der Waals surface area contributed by atoms with E-state index in [2.05, 4.69) is 25.5 Å². The van der Waals surface area contributed by atoms with Gasteiger partial charge in [0.05, 0.1) is 13.5 Å². The molecule has 0 saturated heterocycles. The number of hydrogen-bond donors (Lipinski definition) is 2. The zero-order valence-corrected chi connectivity index (χ0v) is 13.8. The first kappa shape index (κ1) is 18.1. The quantitative estimate of drug-likeness (QED) is 0.687. The highest BCUT2D eigenvalue weighted by atomic mass is 16.5. The Morgan fingerprint density at radius 1 is 1.24 bits per heavy atom. The molecule has 1 unspecified atom stereocenters. The summed E-state index contributed by atoms with van der Waals surface area (Å²) in [5, 5.41) is 8.65. The van der Waals surface area contributed by atoms with Crippen LogP contribution >= 0.6 is 0 Å². The van der Waals surface area contributed by atoms with Crippen molar-refractivity contribution in [3.05, 3.63) is 47.6 Å². The number of nitrogens with one attached hydrogen (secondary N) is 2. The average molecular weight is 346 g/mol. The molecular weight excluding hydrogens is 328 g/mol. The monoisotopic (exact) mass is 346 g/mol. The van der Waals surface area contributed by atoms with Crippen LogP contribution in [-0.2, 0) is 27.3 Å². The molecule has 0 fully saturated rings. The molecule has 2 aromatic rings. The summed E-state index contributed by atoms with van der Waals surface area (Å²) in [7, 11) is 1.21. The Kier molecular flexibility index (Phi) is 6.21. The molecule has 0 aliphatic rings. The van der Waals surface area contributed by atoms with E-state index in [4.69, 9.17) is 4.52 Å². The van der Waals surface area contributed by atoms with Crippen LogP contribution in [0.1, 0.15) is 29.0 Å². The van der Waals surface area contributed by atoms with Crippen molar-refractivity contribution in [3.8, 4) is 0 Å². The van der Waals surface area contributed by atoms with E-state index in [-0.39, 0.29) is 24.0 Å². The molecule has 0 spiro atoms. The van der Waals surface area contributed by atoms with Gasteiger partial charge < -0.3 is 19.9 Å². The number of ether oxygens (including phenoxy) is 1. The van der Waals surface area contributed by atoms with E-state index in [0.717, 1.165) is 5.56 Å². The molecule has 25 heavy (non-hydrogen) atoms. The van der Waals surface area contributed by atoms with E-state index in [9.17, 15) is 14.4 Å². The molecule has 2 rings (SSSR count). The van der Waals surface area contributed by atoms with Crippen molar-refractivity contribution < 1.29 is 23.6 Å². The number of benzene rings is 1. The summed E-state index contributed by atoms with van der Waals surface area (Å²) in [5.74, 6) is -1.89. The number of carbonyl (C=O) groups is 3. The summed E-state index contributed by atoms with van der Waals surface area (Å²) in [4.78, 5) is 38.8. The van der Waals surface area contributed by atoms with Gasteiger partial charge in [-0.15, -0.1) is 0 Å². The smallest absolute Gasteiger partial charge is 0.328 e. The van der Waals surface area contributed by atoms with Gasteiger partial charge in [0.25, 0.3) is 0 Å². The number of methoxy groups -OCH3 is 1. The summed E-state index contributed by atoms with van der Waals surface area (Å²) in [5.41, 5.74) is 0.959. The van der Waals surface area contributed by atoms with Crippen LogP contribution in [0, 0.1) is 0 Å². The van der Waals surface area contributed by atoms with E-state index < -0.39 is 17.9 Å². The van der Waals surface area contributed by atoms with Gasteiger partial charge in [0.2, 0.25) is 5.91 Å². The third-order valence-electron chi connectivity index (χ3n) is 3.22. The van der Waals surface area contributed by atoms with Gasteiger partial charge in [0.15, 0.2) is 5.82 Å². The third-order valence-corrected chi connectivity index (χ3v) is 3.22. The van der Waals surface area contributed by atoms with Gasteiger partial charge in [-0.05, 0) is 12.5 Å². The fourth-order valence-electron chi connectivity index (χ4n) is 1.91. The summed E-state index contributed by atoms with van der Waals surface area (Å²) >= 11 is 0. The summed E-state index contributed by atoms with van der Waals surface area (Å²) in [6.07, 6.45) is -0.129. The Hall–Kier alpha value is -3.23. The van der Waals surface area contributed by atoms with Crippen molar-refractivity contribution in [2.75, 3.05) is 7.11 Å². The molecule has 1 atom stereocenters. The molecule has 9 heteroatoms. The van der Waals surface area contributed by atoms with Crippen LogP contribution in [0.4, 0.5) is 0 Å². The molecule has 2 N–H and O–H groups in total. The van der Waals surface area contributed by atoms with E-state index >= 15 is 0 Å². The van der Waals surface area contributed by atoms with E-state index in [1.165, 1.54) is 14.0 Å². The molecule has 9 nitrogen and oxygen atoms in total. The van der Waals surface area contributed by atoms with Crippen molar-refractivity contribution in [1.82, 2.24) is 20.8 Å². The topological polar surface area (TPSA) is 123 Å². The number of esters is 1. The number of rotatable bonds is 7. The van der Waals surface area contributed by atoms with Gasteiger partial charge in [-0.1, -0.05) is 35.5 Å². The molecule has 0 aliphatic carbocycles. The first-order valence-electron chi connectivity index (χ1n) is 7.51. The molecule has 0 aliphatic heterocycles. The summed E-state index contributed by atoms with van der Waals surface area (Å²) in [6, 6.07) is 8.56. The maximum absolute atomic E-state index is 11.9. The minimum Gasteiger partial charge on any atom is -0.467 e. The molecule has 1 heterocycles. The van der Waals surface area contributed by atoms with Crippen LogP contribution in [0.15, 0.2) is 34.9 Å². The minimum atomic E-state index is -0.859. The van der Waals surface area contributed by atoms with Crippen molar-refractivity contribution in [1.29, 1.82) is 0 Å². The van der Waals surface area contributed by atoms with Gasteiger partial charge in [0.1, 0.15) is 6.04 Å². The lowest BCUT2D eigenvalue weighted by Gasteiger charge is -2.08. The molecule has 0 radical (unpaired) electrons. The minimum absolute atomic E-state index is 0.0708. The molecular formula is C16H18N4O5. The zero-order valence-electron chi connectivity index (χ0n) is 13.8. The third kappa shape index (κ3) is 5.41. The van der Waals surface area contributed by atoms with Crippen molar-refractivity contribution in [3.63, 3.8) is 0 Å². The van der Waals surface area contributed by atoms with Gasteiger partial charge in [-0.3, -0.25) is 9.59 Å². The predicted molar refractivity (Wildman–Crippen MR) is 85.2 cm³/mol. The fraction of sp³-hybridized carbons (Fsp3) is 0.312. The average Bonchev–Trinajstić information content (AvgIpc) is 3.08. The molecule has 1 aromatic heterocycles. The maximum atomic E-state index is 11.9. The van der Waals surface area contributed by atoms with Crippen molar-refractivity contribution >= 4 is 17.8 Å². The number of amides is 2. The first-order valence-corrected chi connectivity index (χ1v) is 7.51. The van der Waals surface area contributed by atoms with Gasteiger partial charge in [-0.25, -0.2) is 4.79 Å². The van der Waals surface area contributed by atoms with Crippen molar-refractivity contribution in [2.24, 2.45) is 0 Å². The van der Waals surface area contributed by atoms with Crippen molar-refractivity contribution in [2.45, 2.75) is 25.9 Å².